The van der Waals surface area contributed by atoms with Gasteiger partial charge in [-0.15, -0.1) is 26.3 Å². The Morgan fingerprint density at radius 3 is 1.76 bits per heavy atom. The quantitative estimate of drug-likeness (QED) is 0.277. The molecular formula is C19H10F6INO2. The summed E-state index contributed by atoms with van der Waals surface area (Å²) in [7, 11) is 0. The maximum Gasteiger partial charge on any atom is 0.573 e. The first-order valence-corrected chi connectivity index (χ1v) is 8.96. The summed E-state index contributed by atoms with van der Waals surface area (Å²) in [5.41, 5.74) is 1.77. The zero-order chi connectivity index (χ0) is 21.2. The summed E-state index contributed by atoms with van der Waals surface area (Å²) in [6.07, 6.45) is -8.19. The summed E-state index contributed by atoms with van der Waals surface area (Å²) < 4.78 is 82.9. The summed E-state index contributed by atoms with van der Waals surface area (Å²) in [5.74, 6) is -0.750. The van der Waals surface area contributed by atoms with E-state index in [9.17, 15) is 26.3 Å². The smallest absolute Gasteiger partial charge is 0.406 e. The van der Waals surface area contributed by atoms with E-state index in [1.54, 1.807) is 18.2 Å². The van der Waals surface area contributed by atoms with Crippen LogP contribution in [0.15, 0.2) is 60.8 Å². The van der Waals surface area contributed by atoms with Crippen LogP contribution >= 0.6 is 22.6 Å². The largest absolute Gasteiger partial charge is 0.573 e. The van der Waals surface area contributed by atoms with Crippen LogP contribution in [-0.4, -0.2) is 17.7 Å². The van der Waals surface area contributed by atoms with Crippen molar-refractivity contribution in [2.45, 2.75) is 12.7 Å². The SMILES string of the molecule is FC(F)(F)Oc1cccc(-c2cc(I)c(-c3cccc(OC(F)(F)F)c3)cn2)c1. The third-order valence-corrected chi connectivity index (χ3v) is 4.49. The second kappa shape index (κ2) is 8.09. The Morgan fingerprint density at radius 2 is 1.24 bits per heavy atom. The van der Waals surface area contributed by atoms with E-state index in [1.807, 2.05) is 22.6 Å². The predicted octanol–water partition coefficient (Wildman–Crippen LogP) is 6.82. The Labute approximate surface area is 174 Å². The molecular weight excluding hydrogens is 515 g/mol. The van der Waals surface area contributed by atoms with E-state index in [0.717, 1.165) is 0 Å². The number of aromatic nitrogens is 1. The molecule has 0 saturated carbocycles. The van der Waals surface area contributed by atoms with Crippen molar-refractivity contribution in [2.75, 3.05) is 0 Å². The number of hydrogen-bond acceptors (Lipinski definition) is 3. The van der Waals surface area contributed by atoms with E-state index < -0.39 is 12.7 Å². The molecule has 152 valence electrons. The van der Waals surface area contributed by atoms with Gasteiger partial charge in [0.05, 0.1) is 5.69 Å². The standard InChI is InChI=1S/C19H10F6INO2/c20-18(21,22)28-13-5-1-3-11(7-13)15-10-27-17(9-16(15)26)12-4-2-6-14(8-12)29-19(23,24)25/h1-10H. The van der Waals surface area contributed by atoms with E-state index in [1.165, 1.54) is 42.6 Å². The monoisotopic (exact) mass is 525 g/mol. The first-order chi connectivity index (χ1) is 13.5. The Bertz CT molecular complexity index is 1020. The number of alkyl halides is 6. The van der Waals surface area contributed by atoms with Crippen molar-refractivity contribution in [1.82, 2.24) is 4.98 Å². The van der Waals surface area contributed by atoms with Gasteiger partial charge in [0.1, 0.15) is 11.5 Å². The lowest BCUT2D eigenvalue weighted by atomic mass is 10.1. The molecule has 2 aromatic carbocycles. The van der Waals surface area contributed by atoms with Crippen LogP contribution in [-0.2, 0) is 0 Å². The molecule has 0 fully saturated rings. The molecule has 0 aliphatic heterocycles. The van der Waals surface area contributed by atoms with Crippen molar-refractivity contribution < 1.29 is 35.8 Å². The van der Waals surface area contributed by atoms with E-state index in [4.69, 9.17) is 0 Å². The fraction of sp³-hybridized carbons (Fsp3) is 0.105. The van der Waals surface area contributed by atoms with E-state index >= 15 is 0 Å². The Hall–Kier alpha value is -2.50. The number of hydrogen-bond donors (Lipinski definition) is 0. The van der Waals surface area contributed by atoms with Crippen LogP contribution in [0.5, 0.6) is 11.5 Å². The van der Waals surface area contributed by atoms with Crippen LogP contribution in [0.3, 0.4) is 0 Å². The molecule has 0 atom stereocenters. The van der Waals surface area contributed by atoms with Crippen molar-refractivity contribution in [3.63, 3.8) is 0 Å². The molecule has 3 aromatic rings. The molecule has 0 radical (unpaired) electrons. The van der Waals surface area contributed by atoms with Gasteiger partial charge in [0.15, 0.2) is 0 Å². The van der Waals surface area contributed by atoms with Crippen LogP contribution in [0.2, 0.25) is 0 Å². The average molecular weight is 525 g/mol. The van der Waals surface area contributed by atoms with Gasteiger partial charge in [-0.25, -0.2) is 0 Å². The summed E-state index contributed by atoms with van der Waals surface area (Å²) >= 11 is 1.97. The van der Waals surface area contributed by atoms with Gasteiger partial charge in [0.25, 0.3) is 0 Å². The Morgan fingerprint density at radius 1 is 0.724 bits per heavy atom. The first-order valence-electron chi connectivity index (χ1n) is 7.88. The maximum atomic E-state index is 12.4. The molecule has 0 amide bonds. The highest BCUT2D eigenvalue weighted by atomic mass is 127. The van der Waals surface area contributed by atoms with Crippen molar-refractivity contribution in [1.29, 1.82) is 0 Å². The number of benzene rings is 2. The minimum atomic E-state index is -4.81. The van der Waals surface area contributed by atoms with Crippen LogP contribution in [0.4, 0.5) is 26.3 Å². The number of nitrogens with zero attached hydrogens (tertiary/aromatic N) is 1. The Kier molecular flexibility index (Phi) is 5.92. The zero-order valence-corrected chi connectivity index (χ0v) is 16.3. The molecule has 0 spiro atoms. The van der Waals surface area contributed by atoms with Gasteiger partial charge in [-0.1, -0.05) is 24.3 Å². The lowest BCUT2D eigenvalue weighted by molar-refractivity contribution is -0.275. The molecule has 1 aromatic heterocycles. The summed E-state index contributed by atoms with van der Waals surface area (Å²) in [4.78, 5) is 4.22. The van der Waals surface area contributed by atoms with Crippen LogP contribution in [0.25, 0.3) is 22.4 Å². The van der Waals surface area contributed by atoms with Crippen LogP contribution in [0.1, 0.15) is 0 Å². The molecule has 0 saturated heterocycles. The van der Waals surface area contributed by atoms with Gasteiger partial charge in [0.2, 0.25) is 0 Å². The van der Waals surface area contributed by atoms with Gasteiger partial charge >= 0.3 is 12.7 Å². The minimum Gasteiger partial charge on any atom is -0.406 e. The molecule has 0 N–H and O–H groups in total. The topological polar surface area (TPSA) is 31.4 Å². The van der Waals surface area contributed by atoms with Crippen molar-refractivity contribution in [3.05, 3.63) is 64.4 Å². The van der Waals surface area contributed by atoms with Gasteiger partial charge in [-0.2, -0.15) is 0 Å². The lowest BCUT2D eigenvalue weighted by Crippen LogP contribution is -2.17. The predicted molar refractivity (Wildman–Crippen MR) is 101 cm³/mol. The lowest BCUT2D eigenvalue weighted by Gasteiger charge is -2.12. The van der Waals surface area contributed by atoms with Gasteiger partial charge in [-0.3, -0.25) is 4.98 Å². The molecule has 1 heterocycles. The molecule has 0 aliphatic rings. The molecule has 0 unspecified atom stereocenters. The molecule has 0 aliphatic carbocycles. The molecule has 0 bridgehead atoms. The number of halogens is 7. The summed E-state index contributed by atoms with van der Waals surface area (Å²) in [6.45, 7) is 0. The third-order valence-electron chi connectivity index (χ3n) is 3.60. The minimum absolute atomic E-state index is 0.369. The first kappa shape index (κ1) is 21.2. The molecule has 10 heteroatoms. The second-order valence-electron chi connectivity index (χ2n) is 5.70. The average Bonchev–Trinajstić information content (AvgIpc) is 2.59. The van der Waals surface area contributed by atoms with E-state index in [-0.39, 0.29) is 11.5 Å². The highest BCUT2D eigenvalue weighted by Crippen LogP contribution is 2.33. The van der Waals surface area contributed by atoms with E-state index in [0.29, 0.717) is 26.0 Å². The second-order valence-corrected chi connectivity index (χ2v) is 6.86. The van der Waals surface area contributed by atoms with Gasteiger partial charge in [0, 0.05) is 20.9 Å². The van der Waals surface area contributed by atoms with Crippen LogP contribution in [0, 0.1) is 3.57 Å². The fourth-order valence-corrected chi connectivity index (χ4v) is 3.26. The van der Waals surface area contributed by atoms with E-state index in [2.05, 4.69) is 14.5 Å². The number of ether oxygens (including phenoxy) is 2. The highest BCUT2D eigenvalue weighted by Gasteiger charge is 2.32. The van der Waals surface area contributed by atoms with Crippen molar-refractivity contribution in [3.8, 4) is 33.9 Å². The van der Waals surface area contributed by atoms with Crippen molar-refractivity contribution >= 4 is 22.6 Å². The number of rotatable bonds is 4. The van der Waals surface area contributed by atoms with Crippen molar-refractivity contribution in [2.24, 2.45) is 0 Å². The normalized spacial score (nSPS) is 12.0. The molecule has 3 rings (SSSR count). The Balaban J connectivity index is 1.90. The van der Waals surface area contributed by atoms with Gasteiger partial charge < -0.3 is 9.47 Å². The number of pyridine rings is 1. The summed E-state index contributed by atoms with van der Waals surface area (Å²) in [5, 5.41) is 0. The zero-order valence-electron chi connectivity index (χ0n) is 14.2. The maximum absolute atomic E-state index is 12.4. The molecule has 3 nitrogen and oxygen atoms in total. The van der Waals surface area contributed by atoms with Gasteiger partial charge in [-0.05, 0) is 58.5 Å². The van der Waals surface area contributed by atoms with Crippen LogP contribution < -0.4 is 9.47 Å². The fourth-order valence-electron chi connectivity index (χ4n) is 2.51. The summed E-state index contributed by atoms with van der Waals surface area (Å²) in [6, 6.07) is 12.4. The molecule has 29 heavy (non-hydrogen) atoms. The third kappa shape index (κ3) is 5.99. The highest BCUT2D eigenvalue weighted by molar-refractivity contribution is 14.1.